The Balaban J connectivity index is 1.58. The van der Waals surface area contributed by atoms with E-state index in [4.69, 9.17) is 4.74 Å². The Morgan fingerprint density at radius 1 is 1.33 bits per heavy atom. The Morgan fingerprint density at radius 2 is 2.21 bits per heavy atom. The minimum absolute atomic E-state index is 0.0912. The van der Waals surface area contributed by atoms with Crippen LogP contribution in [0.3, 0.4) is 0 Å². The predicted molar refractivity (Wildman–Crippen MR) is 87.5 cm³/mol. The van der Waals surface area contributed by atoms with Gasteiger partial charge >= 0.3 is 0 Å². The van der Waals surface area contributed by atoms with E-state index in [9.17, 15) is 4.79 Å². The van der Waals surface area contributed by atoms with E-state index in [0.29, 0.717) is 31.2 Å². The molecule has 4 rings (SSSR count). The van der Waals surface area contributed by atoms with Crippen molar-refractivity contribution in [2.45, 2.75) is 13.0 Å². The van der Waals surface area contributed by atoms with E-state index < -0.39 is 0 Å². The molecule has 1 aliphatic rings. The van der Waals surface area contributed by atoms with Crippen LogP contribution in [0.5, 0.6) is 0 Å². The van der Waals surface area contributed by atoms with E-state index >= 15 is 0 Å². The highest BCUT2D eigenvalue weighted by Gasteiger charge is 2.29. The Hall–Kier alpha value is -2.80. The topological polar surface area (TPSA) is 84.0 Å². The number of hydrogen-bond donors (Lipinski definition) is 1. The number of rotatable bonds is 2. The summed E-state index contributed by atoms with van der Waals surface area (Å²) in [4.78, 5) is 23.2. The molecule has 0 spiro atoms. The maximum absolute atomic E-state index is 12.9. The highest BCUT2D eigenvalue weighted by atomic mass is 16.5. The zero-order valence-electron chi connectivity index (χ0n) is 13.3. The summed E-state index contributed by atoms with van der Waals surface area (Å²) in [5, 5.41) is 7.95. The predicted octanol–water partition coefficient (Wildman–Crippen LogP) is 1.88. The Labute approximate surface area is 138 Å². The number of ether oxygens (including phenoxy) is 1. The molecule has 1 atom stereocenters. The molecule has 7 heteroatoms. The lowest BCUT2D eigenvalue weighted by molar-refractivity contribution is -0.0249. The number of nitrogens with one attached hydrogen (secondary N) is 1. The van der Waals surface area contributed by atoms with Crippen molar-refractivity contribution < 1.29 is 9.53 Å². The van der Waals surface area contributed by atoms with Gasteiger partial charge in [0.15, 0.2) is 5.69 Å². The van der Waals surface area contributed by atoms with Gasteiger partial charge in [0.25, 0.3) is 5.91 Å². The summed E-state index contributed by atoms with van der Waals surface area (Å²) in [6, 6.07) is 9.45. The molecular formula is C17H17N5O2. The van der Waals surface area contributed by atoms with Gasteiger partial charge in [-0.05, 0) is 19.1 Å². The van der Waals surface area contributed by atoms with Gasteiger partial charge < -0.3 is 9.64 Å². The first-order valence-electron chi connectivity index (χ1n) is 7.86. The van der Waals surface area contributed by atoms with Crippen molar-refractivity contribution in [2.75, 3.05) is 19.7 Å². The molecule has 0 radical (unpaired) electrons. The third-order valence-electron chi connectivity index (χ3n) is 4.15. The van der Waals surface area contributed by atoms with Gasteiger partial charge in [0, 0.05) is 18.1 Å². The van der Waals surface area contributed by atoms with Crippen LogP contribution in [0, 0.1) is 6.92 Å². The van der Waals surface area contributed by atoms with Gasteiger partial charge in [0.05, 0.1) is 24.4 Å². The lowest BCUT2D eigenvalue weighted by Crippen LogP contribution is -2.42. The molecular weight excluding hydrogens is 306 g/mol. The van der Waals surface area contributed by atoms with Crippen LogP contribution in [0.25, 0.3) is 10.9 Å². The van der Waals surface area contributed by atoms with Gasteiger partial charge in [-0.3, -0.25) is 9.89 Å². The molecule has 24 heavy (non-hydrogen) atoms. The van der Waals surface area contributed by atoms with Crippen molar-refractivity contribution in [2.24, 2.45) is 0 Å². The van der Waals surface area contributed by atoms with E-state index in [1.807, 2.05) is 37.3 Å². The molecule has 1 aromatic carbocycles. The molecule has 7 nitrogen and oxygen atoms in total. The molecule has 0 saturated carbocycles. The number of carbonyl (C=O) groups excluding carboxylic acids is 1. The van der Waals surface area contributed by atoms with Gasteiger partial charge in [-0.1, -0.05) is 18.2 Å². The highest BCUT2D eigenvalue weighted by molar-refractivity contribution is 6.04. The Morgan fingerprint density at radius 3 is 3.08 bits per heavy atom. The molecule has 0 unspecified atom stereocenters. The average Bonchev–Trinajstić information content (AvgIpc) is 3.05. The highest BCUT2D eigenvalue weighted by Crippen LogP contribution is 2.23. The van der Waals surface area contributed by atoms with Crippen molar-refractivity contribution >= 4 is 16.8 Å². The summed E-state index contributed by atoms with van der Waals surface area (Å²) in [5.74, 6) is 0.601. The summed E-state index contributed by atoms with van der Waals surface area (Å²) in [5.41, 5.74) is 2.11. The van der Waals surface area contributed by atoms with E-state index in [-0.39, 0.29) is 12.0 Å². The van der Waals surface area contributed by atoms with Crippen molar-refractivity contribution in [3.8, 4) is 0 Å². The number of aromatic amines is 1. The van der Waals surface area contributed by atoms with Crippen LogP contribution in [0.15, 0.2) is 36.5 Å². The quantitative estimate of drug-likeness (QED) is 0.778. The third-order valence-corrected chi connectivity index (χ3v) is 4.15. The number of aromatic nitrogens is 4. The summed E-state index contributed by atoms with van der Waals surface area (Å²) >= 11 is 0. The zero-order valence-corrected chi connectivity index (χ0v) is 13.3. The molecule has 3 heterocycles. The lowest BCUT2D eigenvalue weighted by atomic mass is 10.1. The van der Waals surface area contributed by atoms with Gasteiger partial charge in [-0.15, -0.1) is 0 Å². The van der Waals surface area contributed by atoms with Crippen molar-refractivity contribution in [1.29, 1.82) is 0 Å². The molecule has 1 N–H and O–H groups in total. The zero-order chi connectivity index (χ0) is 16.5. The van der Waals surface area contributed by atoms with Gasteiger partial charge in [-0.25, -0.2) is 9.97 Å². The number of nitrogens with zero attached hydrogens (tertiary/aromatic N) is 4. The van der Waals surface area contributed by atoms with E-state index in [1.54, 1.807) is 11.1 Å². The molecule has 2 aromatic heterocycles. The van der Waals surface area contributed by atoms with E-state index in [1.165, 1.54) is 0 Å². The summed E-state index contributed by atoms with van der Waals surface area (Å²) < 4.78 is 5.79. The Kier molecular flexibility index (Phi) is 3.70. The number of carbonyl (C=O) groups is 1. The summed E-state index contributed by atoms with van der Waals surface area (Å²) in [7, 11) is 0. The van der Waals surface area contributed by atoms with Crippen LogP contribution < -0.4 is 0 Å². The maximum atomic E-state index is 12.9. The standard InChI is InChI=1S/C17H17N5O2/c1-11-18-7-6-14(19-11)15-10-22(8-9-24-15)17(23)16-12-4-2-3-5-13(12)20-21-16/h2-7,15H,8-10H2,1H3,(H,20,21)/t15-/m0/s1. The second-order valence-electron chi connectivity index (χ2n) is 5.76. The normalized spacial score (nSPS) is 18.0. The van der Waals surface area contributed by atoms with Crippen LogP contribution >= 0.6 is 0 Å². The fraction of sp³-hybridized carbons (Fsp3) is 0.294. The molecule has 1 fully saturated rings. The van der Waals surface area contributed by atoms with Gasteiger partial charge in [-0.2, -0.15) is 5.10 Å². The molecule has 1 amide bonds. The van der Waals surface area contributed by atoms with Gasteiger partial charge in [0.2, 0.25) is 0 Å². The van der Waals surface area contributed by atoms with Crippen molar-refractivity contribution in [1.82, 2.24) is 25.1 Å². The number of para-hydroxylation sites is 1. The van der Waals surface area contributed by atoms with Crippen LogP contribution in [0.4, 0.5) is 0 Å². The number of amides is 1. The summed E-state index contributed by atoms with van der Waals surface area (Å²) in [6.07, 6.45) is 1.47. The van der Waals surface area contributed by atoms with Crippen molar-refractivity contribution in [3.05, 3.63) is 53.7 Å². The van der Waals surface area contributed by atoms with E-state index in [0.717, 1.165) is 16.6 Å². The number of morpholine rings is 1. The molecule has 1 aliphatic heterocycles. The summed E-state index contributed by atoms with van der Waals surface area (Å²) in [6.45, 7) is 3.31. The third kappa shape index (κ3) is 2.63. The fourth-order valence-corrected chi connectivity index (χ4v) is 2.94. The molecule has 1 saturated heterocycles. The molecule has 3 aromatic rings. The first-order chi connectivity index (χ1) is 11.7. The number of benzene rings is 1. The smallest absolute Gasteiger partial charge is 0.275 e. The fourth-order valence-electron chi connectivity index (χ4n) is 2.94. The van der Waals surface area contributed by atoms with Crippen LogP contribution in [-0.2, 0) is 4.74 Å². The van der Waals surface area contributed by atoms with Gasteiger partial charge in [0.1, 0.15) is 11.9 Å². The number of H-pyrrole nitrogens is 1. The Bertz CT molecular complexity index is 891. The second kappa shape index (κ2) is 6.01. The van der Waals surface area contributed by atoms with Crippen LogP contribution in [-0.4, -0.2) is 50.7 Å². The number of fused-ring (bicyclic) bond motifs is 1. The van der Waals surface area contributed by atoms with E-state index in [2.05, 4.69) is 20.2 Å². The van der Waals surface area contributed by atoms with Crippen molar-refractivity contribution in [3.63, 3.8) is 0 Å². The van der Waals surface area contributed by atoms with Crippen LogP contribution in [0.2, 0.25) is 0 Å². The molecule has 0 aliphatic carbocycles. The minimum atomic E-state index is -0.241. The molecule has 122 valence electrons. The lowest BCUT2D eigenvalue weighted by Gasteiger charge is -2.32. The maximum Gasteiger partial charge on any atom is 0.275 e. The first-order valence-corrected chi connectivity index (χ1v) is 7.86. The average molecular weight is 323 g/mol. The minimum Gasteiger partial charge on any atom is -0.368 e. The molecule has 0 bridgehead atoms. The second-order valence-corrected chi connectivity index (χ2v) is 5.76. The SMILES string of the molecule is Cc1nccc([C@@H]2CN(C(=O)c3n[nH]c4ccccc34)CCO2)n1. The largest absolute Gasteiger partial charge is 0.368 e. The van der Waals surface area contributed by atoms with Crippen LogP contribution in [0.1, 0.15) is 28.1 Å². The first kappa shape index (κ1) is 14.8. The number of hydrogen-bond acceptors (Lipinski definition) is 5. The monoisotopic (exact) mass is 323 g/mol. The number of aryl methyl sites for hydroxylation is 1.